The van der Waals surface area contributed by atoms with Crippen LogP contribution in [0.25, 0.3) is 115 Å². The molecular formula is C51H30N4OS. The Morgan fingerprint density at radius 2 is 0.912 bits per heavy atom. The molecule has 0 atom stereocenters. The van der Waals surface area contributed by atoms with Crippen molar-refractivity contribution in [1.29, 1.82) is 0 Å². The van der Waals surface area contributed by atoms with Crippen LogP contribution in [0.2, 0.25) is 0 Å². The molecule has 0 saturated carbocycles. The topological polar surface area (TPSA) is 56.7 Å². The molecule has 4 heterocycles. The molecule has 8 aromatic carbocycles. The number of furan rings is 1. The first-order valence-corrected chi connectivity index (χ1v) is 19.8. The third-order valence-corrected chi connectivity index (χ3v) is 12.2. The Balaban J connectivity index is 0.924. The highest BCUT2D eigenvalue weighted by molar-refractivity contribution is 7.25. The molecule has 0 fully saturated rings. The Morgan fingerprint density at radius 3 is 1.61 bits per heavy atom. The smallest absolute Gasteiger partial charge is 0.164 e. The van der Waals surface area contributed by atoms with Crippen LogP contribution < -0.4 is 0 Å². The van der Waals surface area contributed by atoms with E-state index in [-0.39, 0.29) is 0 Å². The molecule has 5 nitrogen and oxygen atoms in total. The van der Waals surface area contributed by atoms with Crippen LogP contribution in [0.3, 0.4) is 0 Å². The van der Waals surface area contributed by atoms with Crippen LogP contribution in [-0.2, 0) is 0 Å². The normalized spacial score (nSPS) is 11.9. The molecule has 0 saturated heterocycles. The van der Waals surface area contributed by atoms with Gasteiger partial charge in [-0.15, -0.1) is 11.3 Å². The van der Waals surface area contributed by atoms with Crippen LogP contribution in [0, 0.1) is 0 Å². The molecule has 6 heteroatoms. The van der Waals surface area contributed by atoms with Crippen LogP contribution in [0.15, 0.2) is 186 Å². The Morgan fingerprint density at radius 1 is 0.351 bits per heavy atom. The van der Waals surface area contributed by atoms with Gasteiger partial charge in [0.1, 0.15) is 11.2 Å². The fraction of sp³-hybridized carbons (Fsp3) is 0. The maximum absolute atomic E-state index is 6.49. The summed E-state index contributed by atoms with van der Waals surface area (Å²) in [5.41, 5.74) is 10.3. The van der Waals surface area contributed by atoms with Gasteiger partial charge >= 0.3 is 0 Å². The average molecular weight is 747 g/mol. The van der Waals surface area contributed by atoms with E-state index in [0.717, 1.165) is 49.8 Å². The van der Waals surface area contributed by atoms with Crippen molar-refractivity contribution < 1.29 is 4.42 Å². The maximum Gasteiger partial charge on any atom is 0.164 e. The Kier molecular flexibility index (Phi) is 7.03. The zero-order valence-electron chi connectivity index (χ0n) is 30.4. The lowest BCUT2D eigenvalue weighted by molar-refractivity contribution is 0.669. The minimum Gasteiger partial charge on any atom is -0.456 e. The molecule has 0 aliphatic carbocycles. The second-order valence-corrected chi connectivity index (χ2v) is 15.5. The highest BCUT2D eigenvalue weighted by Gasteiger charge is 2.17. The molecular weight excluding hydrogens is 717 g/mol. The van der Waals surface area contributed by atoms with E-state index in [1.807, 2.05) is 84.1 Å². The Labute approximate surface area is 330 Å². The van der Waals surface area contributed by atoms with Crippen molar-refractivity contribution in [3.63, 3.8) is 0 Å². The molecule has 4 aromatic heterocycles. The van der Waals surface area contributed by atoms with E-state index in [1.54, 1.807) is 0 Å². The summed E-state index contributed by atoms with van der Waals surface area (Å²) >= 11 is 1.85. The molecule has 0 amide bonds. The number of thiophene rings is 1. The molecule has 0 aliphatic heterocycles. The Bertz CT molecular complexity index is 3420. The highest BCUT2D eigenvalue weighted by Crippen LogP contribution is 2.41. The lowest BCUT2D eigenvalue weighted by Crippen LogP contribution is -2.00. The molecule has 57 heavy (non-hydrogen) atoms. The molecule has 266 valence electrons. The van der Waals surface area contributed by atoms with E-state index in [4.69, 9.17) is 19.4 Å². The highest BCUT2D eigenvalue weighted by atomic mass is 32.1. The van der Waals surface area contributed by atoms with Gasteiger partial charge in [0.25, 0.3) is 0 Å². The summed E-state index contributed by atoms with van der Waals surface area (Å²) in [5, 5.41) is 7.15. The number of benzene rings is 8. The predicted molar refractivity (Wildman–Crippen MR) is 236 cm³/mol. The van der Waals surface area contributed by atoms with Crippen molar-refractivity contribution in [3.8, 4) is 51.0 Å². The van der Waals surface area contributed by atoms with Gasteiger partial charge in [0, 0.05) is 64.1 Å². The van der Waals surface area contributed by atoms with Gasteiger partial charge in [0.05, 0.1) is 11.0 Å². The molecule has 0 spiro atoms. The second kappa shape index (κ2) is 12.6. The van der Waals surface area contributed by atoms with Gasteiger partial charge in [0.15, 0.2) is 17.5 Å². The number of hydrogen-bond donors (Lipinski definition) is 0. The first-order chi connectivity index (χ1) is 28.2. The molecule has 0 aliphatic rings. The van der Waals surface area contributed by atoms with Crippen LogP contribution in [0.1, 0.15) is 0 Å². The predicted octanol–water partition coefficient (Wildman–Crippen LogP) is 13.9. The second-order valence-electron chi connectivity index (χ2n) is 14.4. The summed E-state index contributed by atoms with van der Waals surface area (Å²) in [5.74, 6) is 1.90. The van der Waals surface area contributed by atoms with Crippen LogP contribution >= 0.6 is 11.3 Å². The van der Waals surface area contributed by atoms with Gasteiger partial charge in [-0.2, -0.15) is 0 Å². The molecule has 12 aromatic rings. The van der Waals surface area contributed by atoms with Gasteiger partial charge < -0.3 is 8.98 Å². The summed E-state index contributed by atoms with van der Waals surface area (Å²) in [6, 6.07) is 63.9. The zero-order chi connectivity index (χ0) is 37.5. The van der Waals surface area contributed by atoms with Crippen LogP contribution in [0.5, 0.6) is 0 Å². The van der Waals surface area contributed by atoms with Crippen molar-refractivity contribution in [1.82, 2.24) is 19.5 Å². The molecule has 0 unspecified atom stereocenters. The van der Waals surface area contributed by atoms with Crippen molar-refractivity contribution >= 4 is 75.3 Å². The quantitative estimate of drug-likeness (QED) is 0.176. The first kappa shape index (κ1) is 31.9. The maximum atomic E-state index is 6.49. The summed E-state index contributed by atoms with van der Waals surface area (Å²) in [6.07, 6.45) is 0. The van der Waals surface area contributed by atoms with E-state index >= 15 is 0 Å². The van der Waals surface area contributed by atoms with Crippen molar-refractivity contribution in [2.45, 2.75) is 0 Å². The monoisotopic (exact) mass is 746 g/mol. The molecule has 12 rings (SSSR count). The van der Waals surface area contributed by atoms with Crippen LogP contribution in [-0.4, -0.2) is 19.5 Å². The fourth-order valence-electron chi connectivity index (χ4n) is 8.32. The standard InChI is InChI=1S/C51H30N4OS/c1-3-11-31(12-4-1)49-52-50(32-13-5-2-6-14-32)54-51(53-49)35-20-25-45-41(28-35)39-23-19-34(29-46(39)56-45)33-21-26-47-42(27-33)40-24-22-36(30-48(40)57-47)55-43-17-9-7-15-37(43)38-16-8-10-18-44(38)55/h1-30H. The van der Waals surface area contributed by atoms with Gasteiger partial charge in [-0.1, -0.05) is 115 Å². The minimum atomic E-state index is 0.619. The Hall–Kier alpha value is -7.41. The number of hydrogen-bond acceptors (Lipinski definition) is 5. The van der Waals surface area contributed by atoms with E-state index in [0.29, 0.717) is 17.5 Å². The first-order valence-electron chi connectivity index (χ1n) is 19.0. The van der Waals surface area contributed by atoms with E-state index < -0.39 is 0 Å². The molecule has 0 N–H and O–H groups in total. The van der Waals surface area contributed by atoms with Crippen molar-refractivity contribution in [2.24, 2.45) is 0 Å². The largest absolute Gasteiger partial charge is 0.456 e. The van der Waals surface area contributed by atoms with Crippen molar-refractivity contribution in [3.05, 3.63) is 182 Å². The SMILES string of the molecule is c1ccc(-c2nc(-c3ccccc3)nc(-c3ccc4oc5cc(-c6ccc7sc8cc(-n9c%10ccccc%10c%10ccccc%109)ccc8c7c6)ccc5c4c3)n2)cc1. The number of aromatic nitrogens is 4. The third kappa shape index (κ3) is 5.19. The number of rotatable bonds is 5. The number of nitrogens with zero attached hydrogens (tertiary/aromatic N) is 4. The summed E-state index contributed by atoms with van der Waals surface area (Å²) in [7, 11) is 0. The van der Waals surface area contributed by atoms with Gasteiger partial charge in [0.2, 0.25) is 0 Å². The van der Waals surface area contributed by atoms with E-state index in [1.165, 1.54) is 47.7 Å². The zero-order valence-corrected chi connectivity index (χ0v) is 31.2. The average Bonchev–Trinajstić information content (AvgIpc) is 3.95. The summed E-state index contributed by atoms with van der Waals surface area (Å²) in [6.45, 7) is 0. The van der Waals surface area contributed by atoms with Crippen molar-refractivity contribution in [2.75, 3.05) is 0 Å². The van der Waals surface area contributed by atoms with Gasteiger partial charge in [-0.3, -0.25) is 0 Å². The van der Waals surface area contributed by atoms with Gasteiger partial charge in [-0.25, -0.2) is 15.0 Å². The lowest BCUT2D eigenvalue weighted by atomic mass is 10.0. The number of para-hydroxylation sites is 2. The van der Waals surface area contributed by atoms with E-state index in [9.17, 15) is 0 Å². The third-order valence-electron chi connectivity index (χ3n) is 11.1. The number of fused-ring (bicyclic) bond motifs is 9. The van der Waals surface area contributed by atoms with E-state index in [2.05, 4.69) is 114 Å². The van der Waals surface area contributed by atoms with Crippen LogP contribution in [0.4, 0.5) is 0 Å². The lowest BCUT2D eigenvalue weighted by Gasteiger charge is -2.08. The summed E-state index contributed by atoms with van der Waals surface area (Å²) in [4.78, 5) is 14.8. The minimum absolute atomic E-state index is 0.619. The molecule has 0 radical (unpaired) electrons. The fourth-order valence-corrected chi connectivity index (χ4v) is 9.44. The molecule has 0 bridgehead atoms. The summed E-state index contributed by atoms with van der Waals surface area (Å²) < 4.78 is 11.4. The van der Waals surface area contributed by atoms with Gasteiger partial charge in [-0.05, 0) is 77.9 Å².